The molecule has 0 saturated heterocycles. The molecule has 0 aromatic carbocycles. The van der Waals surface area contributed by atoms with Gasteiger partial charge in [-0.2, -0.15) is 0 Å². The predicted octanol–water partition coefficient (Wildman–Crippen LogP) is 2.23. The van der Waals surface area contributed by atoms with Gasteiger partial charge in [-0.05, 0) is 25.6 Å². The molecule has 14 heavy (non-hydrogen) atoms. The molecule has 0 amide bonds. The second-order valence-corrected chi connectivity index (χ2v) is 4.66. The predicted molar refractivity (Wildman–Crippen MR) is 58.9 cm³/mol. The van der Waals surface area contributed by atoms with Crippen molar-refractivity contribution in [3.05, 3.63) is 30.6 Å². The van der Waals surface area contributed by atoms with E-state index in [-0.39, 0.29) is 5.54 Å². The fourth-order valence-electron chi connectivity index (χ4n) is 1.14. The summed E-state index contributed by atoms with van der Waals surface area (Å²) in [4.78, 5) is 0. The van der Waals surface area contributed by atoms with Crippen molar-refractivity contribution in [1.29, 1.82) is 0 Å². The number of hydrogen-bond donors (Lipinski definition) is 0. The molecular formula is C11H18ClN2+. The summed E-state index contributed by atoms with van der Waals surface area (Å²) < 4.78 is 3.92. The van der Waals surface area contributed by atoms with Gasteiger partial charge in [0.05, 0.1) is 0 Å². The van der Waals surface area contributed by atoms with Gasteiger partial charge in [0.1, 0.15) is 6.54 Å². The molecule has 0 aliphatic carbocycles. The highest BCUT2D eigenvalue weighted by atomic mass is 35.5. The van der Waals surface area contributed by atoms with Crippen LogP contribution in [0, 0.1) is 0 Å². The highest BCUT2D eigenvalue weighted by molar-refractivity contribution is 6.13. The Morgan fingerprint density at radius 1 is 1.21 bits per heavy atom. The fourth-order valence-corrected chi connectivity index (χ4v) is 1.22. The standard InChI is InChI=1S/C11H18ClN2/c1-11(2,13(3)12)7-10-14-8-5-4-6-9-14/h4-6,8-9H,7,10H2,1-3H3/q+1. The zero-order valence-corrected chi connectivity index (χ0v) is 9.83. The zero-order valence-electron chi connectivity index (χ0n) is 9.07. The van der Waals surface area contributed by atoms with Crippen molar-refractivity contribution in [2.75, 3.05) is 7.05 Å². The third-order valence-electron chi connectivity index (χ3n) is 2.59. The van der Waals surface area contributed by atoms with E-state index < -0.39 is 0 Å². The Morgan fingerprint density at radius 3 is 2.29 bits per heavy atom. The van der Waals surface area contributed by atoms with Gasteiger partial charge in [-0.1, -0.05) is 6.07 Å². The smallest absolute Gasteiger partial charge is 0.168 e. The first-order chi connectivity index (χ1) is 6.52. The molecule has 0 aliphatic rings. The Kier molecular flexibility index (Phi) is 3.90. The van der Waals surface area contributed by atoms with Crippen LogP contribution in [0.4, 0.5) is 0 Å². The van der Waals surface area contributed by atoms with Crippen molar-refractivity contribution in [2.24, 2.45) is 0 Å². The number of pyridine rings is 1. The summed E-state index contributed by atoms with van der Waals surface area (Å²) in [6.07, 6.45) is 5.18. The van der Waals surface area contributed by atoms with Gasteiger partial charge < -0.3 is 0 Å². The number of halogens is 1. The Hall–Kier alpha value is -0.600. The van der Waals surface area contributed by atoms with Crippen LogP contribution in [0.3, 0.4) is 0 Å². The van der Waals surface area contributed by atoms with Crippen molar-refractivity contribution in [1.82, 2.24) is 4.42 Å². The summed E-state index contributed by atoms with van der Waals surface area (Å²) in [6.45, 7) is 5.28. The Labute approximate surface area is 91.2 Å². The number of hydrogen-bond acceptors (Lipinski definition) is 1. The summed E-state index contributed by atoms with van der Waals surface area (Å²) in [5.74, 6) is 0. The number of rotatable bonds is 4. The molecule has 0 bridgehead atoms. The lowest BCUT2D eigenvalue weighted by Gasteiger charge is -2.28. The number of aryl methyl sites for hydroxylation is 1. The maximum atomic E-state index is 5.96. The van der Waals surface area contributed by atoms with Crippen LogP contribution in [0.5, 0.6) is 0 Å². The topological polar surface area (TPSA) is 7.12 Å². The first-order valence-electron chi connectivity index (χ1n) is 4.86. The molecule has 2 nitrogen and oxygen atoms in total. The molecular weight excluding hydrogens is 196 g/mol. The van der Waals surface area contributed by atoms with E-state index in [4.69, 9.17) is 11.8 Å². The van der Waals surface area contributed by atoms with Crippen LogP contribution in [-0.2, 0) is 6.54 Å². The molecule has 0 atom stereocenters. The van der Waals surface area contributed by atoms with Crippen LogP contribution in [-0.4, -0.2) is 17.0 Å². The second kappa shape index (κ2) is 4.76. The normalized spacial score (nSPS) is 12.1. The highest BCUT2D eigenvalue weighted by Gasteiger charge is 2.23. The van der Waals surface area contributed by atoms with Gasteiger partial charge in [0.2, 0.25) is 0 Å². The van der Waals surface area contributed by atoms with Crippen molar-refractivity contribution < 1.29 is 4.57 Å². The lowest BCUT2D eigenvalue weighted by atomic mass is 10.0. The lowest BCUT2D eigenvalue weighted by molar-refractivity contribution is -0.698. The first-order valence-corrected chi connectivity index (χ1v) is 5.20. The molecule has 0 aliphatic heterocycles. The molecule has 0 N–H and O–H groups in total. The Balaban J connectivity index is 2.49. The van der Waals surface area contributed by atoms with Crippen molar-refractivity contribution in [2.45, 2.75) is 32.4 Å². The van der Waals surface area contributed by atoms with Gasteiger partial charge in [-0.15, -0.1) is 0 Å². The van der Waals surface area contributed by atoms with Crippen LogP contribution in [0.2, 0.25) is 0 Å². The van der Waals surface area contributed by atoms with Crippen LogP contribution in [0.1, 0.15) is 20.3 Å². The molecule has 1 aromatic heterocycles. The third-order valence-corrected chi connectivity index (χ3v) is 3.05. The molecule has 0 saturated carbocycles. The SMILES string of the molecule is CN(Cl)C(C)(C)CC[n+]1ccccc1. The van der Waals surface area contributed by atoms with Gasteiger partial charge in [0, 0.05) is 31.1 Å². The van der Waals surface area contributed by atoms with Crippen molar-refractivity contribution in [3.8, 4) is 0 Å². The van der Waals surface area contributed by atoms with E-state index in [1.807, 2.05) is 25.2 Å². The summed E-state index contributed by atoms with van der Waals surface area (Å²) in [6, 6.07) is 6.10. The molecule has 0 fully saturated rings. The minimum Gasteiger partial charge on any atom is -0.217 e. The maximum absolute atomic E-state index is 5.96. The largest absolute Gasteiger partial charge is 0.217 e. The quantitative estimate of drug-likeness (QED) is 0.550. The fraction of sp³-hybridized carbons (Fsp3) is 0.545. The molecule has 0 radical (unpaired) electrons. The van der Waals surface area contributed by atoms with Crippen molar-refractivity contribution >= 4 is 11.8 Å². The molecule has 0 unspecified atom stereocenters. The summed E-state index contributed by atoms with van der Waals surface area (Å²) >= 11 is 5.96. The third kappa shape index (κ3) is 3.28. The summed E-state index contributed by atoms with van der Waals surface area (Å²) in [5.41, 5.74) is 0.0321. The Bertz CT molecular complexity index is 270. The molecule has 78 valence electrons. The average Bonchev–Trinajstić information content (AvgIpc) is 2.16. The van der Waals surface area contributed by atoms with Gasteiger partial charge in [0.25, 0.3) is 0 Å². The molecule has 1 rings (SSSR count). The van der Waals surface area contributed by atoms with E-state index in [9.17, 15) is 0 Å². The number of nitrogens with zero attached hydrogens (tertiary/aromatic N) is 2. The van der Waals surface area contributed by atoms with Crippen molar-refractivity contribution in [3.63, 3.8) is 0 Å². The Morgan fingerprint density at radius 2 is 1.79 bits per heavy atom. The van der Waals surface area contributed by atoms with E-state index in [2.05, 4.69) is 30.8 Å². The van der Waals surface area contributed by atoms with Crippen LogP contribution < -0.4 is 4.57 Å². The first kappa shape index (κ1) is 11.5. The second-order valence-electron chi connectivity index (χ2n) is 4.15. The van der Waals surface area contributed by atoms with Crippen LogP contribution in [0.25, 0.3) is 0 Å². The van der Waals surface area contributed by atoms with E-state index in [0.717, 1.165) is 13.0 Å². The van der Waals surface area contributed by atoms with Gasteiger partial charge in [0.15, 0.2) is 12.4 Å². The van der Waals surface area contributed by atoms with E-state index in [1.54, 1.807) is 4.42 Å². The van der Waals surface area contributed by atoms with Crippen LogP contribution in [0.15, 0.2) is 30.6 Å². The molecule has 0 spiro atoms. The summed E-state index contributed by atoms with van der Waals surface area (Å²) in [5, 5.41) is 0. The summed E-state index contributed by atoms with van der Waals surface area (Å²) in [7, 11) is 1.90. The molecule has 1 heterocycles. The zero-order chi connectivity index (χ0) is 10.6. The van der Waals surface area contributed by atoms with Gasteiger partial charge >= 0.3 is 0 Å². The maximum Gasteiger partial charge on any atom is 0.168 e. The minimum absolute atomic E-state index is 0.0321. The monoisotopic (exact) mass is 213 g/mol. The van der Waals surface area contributed by atoms with E-state index >= 15 is 0 Å². The number of aromatic nitrogens is 1. The molecule has 1 aromatic rings. The van der Waals surface area contributed by atoms with E-state index in [0.29, 0.717) is 0 Å². The lowest BCUT2D eigenvalue weighted by Crippen LogP contribution is -2.41. The van der Waals surface area contributed by atoms with E-state index in [1.165, 1.54) is 0 Å². The van der Waals surface area contributed by atoms with Gasteiger partial charge in [-0.3, -0.25) is 0 Å². The minimum atomic E-state index is 0.0321. The average molecular weight is 214 g/mol. The van der Waals surface area contributed by atoms with Crippen LogP contribution >= 0.6 is 11.8 Å². The highest BCUT2D eigenvalue weighted by Crippen LogP contribution is 2.18. The molecule has 3 heteroatoms. The van der Waals surface area contributed by atoms with Gasteiger partial charge in [-0.25, -0.2) is 8.99 Å².